The number of aliphatic imine (C=N–C) groups is 1. The molecule has 0 aromatic rings. The maximum atomic E-state index is 4.69. The largest absolute Gasteiger partial charge is 0.331 e. The molecule has 1 heterocycles. The maximum absolute atomic E-state index is 4.69. The van der Waals surface area contributed by atoms with Gasteiger partial charge in [0.25, 0.3) is 0 Å². The molecule has 0 fully saturated rings. The lowest BCUT2D eigenvalue weighted by Crippen LogP contribution is -2.19. The van der Waals surface area contributed by atoms with Crippen LogP contribution in [0.15, 0.2) is 41.6 Å². The van der Waals surface area contributed by atoms with Gasteiger partial charge in [-0.2, -0.15) is 0 Å². The Bertz CT molecular complexity index is 615. The Morgan fingerprint density at radius 1 is 0.513 bits per heavy atom. The molecule has 0 saturated carbocycles. The van der Waals surface area contributed by atoms with Crippen molar-refractivity contribution in [2.24, 2.45) is 4.99 Å². The third-order valence-electron chi connectivity index (χ3n) is 8.14. The zero-order valence-corrected chi connectivity index (χ0v) is 26.7. The van der Waals surface area contributed by atoms with E-state index in [4.69, 9.17) is 0 Å². The summed E-state index contributed by atoms with van der Waals surface area (Å²) in [6, 6.07) is 0. The van der Waals surface area contributed by atoms with E-state index in [1.807, 2.05) is 0 Å². The molecule has 0 aromatic carbocycles. The first-order chi connectivity index (χ1) is 19.4. The number of unbranched alkanes of at least 4 members (excludes halogenated alkanes) is 24. The molecule has 2 nitrogen and oxygen atoms in total. The average Bonchev–Trinajstić information content (AvgIpc) is 3.40. The monoisotopic (exact) mass is 541 g/mol. The van der Waals surface area contributed by atoms with E-state index in [9.17, 15) is 0 Å². The predicted molar refractivity (Wildman–Crippen MR) is 178 cm³/mol. The zero-order valence-electron chi connectivity index (χ0n) is 26.7. The van der Waals surface area contributed by atoms with Crippen molar-refractivity contribution >= 4 is 5.84 Å². The van der Waals surface area contributed by atoms with Gasteiger partial charge in [0.1, 0.15) is 5.84 Å². The first kappa shape index (κ1) is 35.7. The van der Waals surface area contributed by atoms with Gasteiger partial charge >= 0.3 is 0 Å². The van der Waals surface area contributed by atoms with Gasteiger partial charge in [-0.3, -0.25) is 4.99 Å². The first-order valence-electron chi connectivity index (χ1n) is 17.7. The smallest absolute Gasteiger partial charge is 0.127 e. The van der Waals surface area contributed by atoms with E-state index in [0.717, 1.165) is 18.9 Å². The summed E-state index contributed by atoms with van der Waals surface area (Å²) >= 11 is 0. The molecule has 0 unspecified atom stereocenters. The van der Waals surface area contributed by atoms with Crippen LogP contribution in [0, 0.1) is 0 Å². The number of nitrogens with zero attached hydrogens (tertiary/aromatic N) is 2. The summed E-state index contributed by atoms with van der Waals surface area (Å²) in [5, 5.41) is 0. The normalized spacial score (nSPS) is 14.1. The van der Waals surface area contributed by atoms with Crippen LogP contribution in [0.1, 0.15) is 181 Å². The molecule has 0 aliphatic carbocycles. The lowest BCUT2D eigenvalue weighted by Gasteiger charge is -2.11. The minimum absolute atomic E-state index is 0.922. The molecule has 1 rings (SSSR count). The van der Waals surface area contributed by atoms with Gasteiger partial charge in [0, 0.05) is 12.7 Å². The van der Waals surface area contributed by atoms with Crippen molar-refractivity contribution in [2.45, 2.75) is 181 Å². The number of rotatable bonds is 29. The van der Waals surface area contributed by atoms with Gasteiger partial charge in [0.05, 0.1) is 6.54 Å². The summed E-state index contributed by atoms with van der Waals surface area (Å²) in [5.74, 6) is 1.14. The van der Waals surface area contributed by atoms with E-state index in [-0.39, 0.29) is 0 Å². The molecule has 0 amide bonds. The number of hydrogen-bond donors (Lipinski definition) is 0. The summed E-state index contributed by atoms with van der Waals surface area (Å²) < 4.78 is 0. The number of amidine groups is 1. The van der Waals surface area contributed by atoms with Gasteiger partial charge < -0.3 is 4.90 Å². The predicted octanol–water partition coefficient (Wildman–Crippen LogP) is 12.5. The fourth-order valence-corrected chi connectivity index (χ4v) is 5.50. The molecule has 0 spiro atoms. The van der Waals surface area contributed by atoms with Gasteiger partial charge in [-0.05, 0) is 37.8 Å². The molecule has 1 aliphatic heterocycles. The van der Waals surface area contributed by atoms with E-state index in [0.29, 0.717) is 0 Å². The maximum Gasteiger partial charge on any atom is 0.127 e. The number of allylic oxidation sites excluding steroid dienone is 4. The lowest BCUT2D eigenvalue weighted by molar-refractivity contribution is 0.540. The highest BCUT2D eigenvalue weighted by Gasteiger charge is 2.10. The quantitative estimate of drug-likeness (QED) is 0.0680. The van der Waals surface area contributed by atoms with Crippen molar-refractivity contribution in [1.82, 2.24) is 4.90 Å². The molecule has 0 atom stereocenters. The lowest BCUT2D eigenvalue weighted by atomic mass is 10.0. The Labute approximate surface area is 245 Å². The van der Waals surface area contributed by atoms with Gasteiger partial charge in [0.2, 0.25) is 0 Å². The molecule has 0 aromatic heterocycles. The van der Waals surface area contributed by atoms with Crippen molar-refractivity contribution in [1.29, 1.82) is 0 Å². The van der Waals surface area contributed by atoms with E-state index in [2.05, 4.69) is 60.3 Å². The second-order valence-corrected chi connectivity index (χ2v) is 12.0. The van der Waals surface area contributed by atoms with Gasteiger partial charge in [-0.1, -0.05) is 173 Å². The van der Waals surface area contributed by atoms with Crippen LogP contribution < -0.4 is 0 Å². The Morgan fingerprint density at radius 3 is 1.38 bits per heavy atom. The van der Waals surface area contributed by atoms with E-state index in [1.54, 1.807) is 0 Å². The summed E-state index contributed by atoms with van der Waals surface area (Å²) in [6.07, 6.45) is 50.0. The van der Waals surface area contributed by atoms with E-state index in [1.165, 1.54) is 167 Å². The summed E-state index contributed by atoms with van der Waals surface area (Å²) in [5.41, 5.74) is 0. The van der Waals surface area contributed by atoms with Gasteiger partial charge in [-0.25, -0.2) is 0 Å². The van der Waals surface area contributed by atoms with Crippen LogP contribution in [0.4, 0.5) is 0 Å². The highest BCUT2D eigenvalue weighted by atomic mass is 15.2. The molecule has 0 saturated heterocycles. The van der Waals surface area contributed by atoms with E-state index >= 15 is 0 Å². The highest BCUT2D eigenvalue weighted by molar-refractivity contribution is 5.94. The van der Waals surface area contributed by atoms with Gasteiger partial charge in [0.15, 0.2) is 0 Å². The zero-order chi connectivity index (χ0) is 27.9. The highest BCUT2D eigenvalue weighted by Crippen LogP contribution is 2.14. The Kier molecular flexibility index (Phi) is 27.2. The molecule has 0 N–H and O–H groups in total. The fourth-order valence-electron chi connectivity index (χ4n) is 5.50. The summed E-state index contributed by atoms with van der Waals surface area (Å²) in [4.78, 5) is 6.99. The second kappa shape index (κ2) is 29.7. The Morgan fingerprint density at radius 2 is 0.923 bits per heavy atom. The molecule has 0 radical (unpaired) electrons. The van der Waals surface area contributed by atoms with Crippen molar-refractivity contribution in [3.63, 3.8) is 0 Å². The Hall–Kier alpha value is -1.31. The van der Waals surface area contributed by atoms with Crippen molar-refractivity contribution in [3.05, 3.63) is 36.6 Å². The molecular weight excluding hydrogens is 472 g/mol. The van der Waals surface area contributed by atoms with Crippen LogP contribution in [-0.2, 0) is 0 Å². The van der Waals surface area contributed by atoms with Crippen LogP contribution in [0.5, 0.6) is 0 Å². The third-order valence-corrected chi connectivity index (χ3v) is 8.14. The molecule has 39 heavy (non-hydrogen) atoms. The molecular formula is C37H68N2. The van der Waals surface area contributed by atoms with Gasteiger partial charge in [-0.15, -0.1) is 0 Å². The van der Waals surface area contributed by atoms with Crippen LogP contribution in [0.25, 0.3) is 0 Å². The fraction of sp³-hybridized carbons (Fsp3) is 0.811. The van der Waals surface area contributed by atoms with Crippen LogP contribution in [-0.4, -0.2) is 23.8 Å². The van der Waals surface area contributed by atoms with Crippen LogP contribution in [0.2, 0.25) is 0 Å². The SMILES string of the molecule is CCCCCCCCCCCCCC=CC=CN1CCN=C1C=CCCCCCCCCCCCCCCC. The topological polar surface area (TPSA) is 15.6 Å². The number of hydrogen-bond acceptors (Lipinski definition) is 2. The first-order valence-corrected chi connectivity index (χ1v) is 17.7. The van der Waals surface area contributed by atoms with Crippen molar-refractivity contribution in [3.8, 4) is 0 Å². The van der Waals surface area contributed by atoms with Crippen molar-refractivity contribution < 1.29 is 0 Å². The second-order valence-electron chi connectivity index (χ2n) is 12.0. The standard InChI is InChI=1S/C37H68N2/c1-3-5-7-9-11-13-15-17-19-21-23-25-27-29-31-33-37-38-34-36-39(37)35-32-30-28-26-24-22-20-18-16-14-12-10-8-6-4-2/h28,30-33,35H,3-27,29,34,36H2,1-2H3. The molecule has 226 valence electrons. The molecule has 2 heteroatoms. The summed E-state index contributed by atoms with van der Waals surface area (Å²) in [7, 11) is 0. The van der Waals surface area contributed by atoms with Crippen LogP contribution in [0.3, 0.4) is 0 Å². The van der Waals surface area contributed by atoms with E-state index < -0.39 is 0 Å². The minimum Gasteiger partial charge on any atom is -0.331 e. The van der Waals surface area contributed by atoms with Crippen LogP contribution >= 0.6 is 0 Å². The Balaban J connectivity index is 1.93. The van der Waals surface area contributed by atoms with Crippen molar-refractivity contribution in [2.75, 3.05) is 13.1 Å². The molecule has 0 bridgehead atoms. The third kappa shape index (κ3) is 24.2. The average molecular weight is 541 g/mol. The minimum atomic E-state index is 0.922. The molecule has 1 aliphatic rings. The summed E-state index contributed by atoms with van der Waals surface area (Å²) in [6.45, 7) is 6.53.